The quantitative estimate of drug-likeness (QED) is 0.340. The van der Waals surface area contributed by atoms with E-state index in [9.17, 15) is 24.0 Å². The molecule has 1 aromatic heterocycles. The lowest BCUT2D eigenvalue weighted by Crippen LogP contribution is -2.59. The van der Waals surface area contributed by atoms with Crippen LogP contribution in [0.5, 0.6) is 0 Å². The van der Waals surface area contributed by atoms with Crippen molar-refractivity contribution in [3.05, 3.63) is 59.7 Å². The smallest absolute Gasteiger partial charge is 0.408 e. The first-order chi connectivity index (χ1) is 18.5. The van der Waals surface area contributed by atoms with Crippen LogP contribution in [0.1, 0.15) is 44.6 Å². The summed E-state index contributed by atoms with van der Waals surface area (Å²) in [4.78, 5) is 72.1. The Kier molecular flexibility index (Phi) is 10.1. The average Bonchev–Trinajstić information content (AvgIpc) is 2.94. The van der Waals surface area contributed by atoms with Gasteiger partial charge in [0, 0.05) is 12.1 Å². The number of hydrogen-bond acceptors (Lipinski definition) is 8. The number of ketones is 1. The average molecular weight is 539 g/mol. The van der Waals surface area contributed by atoms with Crippen molar-refractivity contribution in [3.63, 3.8) is 0 Å². The largest absolute Gasteiger partial charge is 0.445 e. The lowest BCUT2D eigenvalue weighted by Gasteiger charge is -2.28. The highest BCUT2D eigenvalue weighted by atomic mass is 16.5. The second kappa shape index (κ2) is 13.4. The van der Waals surface area contributed by atoms with Crippen LogP contribution < -0.4 is 21.3 Å². The molecule has 4 N–H and O–H groups in total. The molecule has 4 amide bonds. The normalized spacial score (nSPS) is 16.7. The van der Waals surface area contributed by atoms with E-state index in [2.05, 4.69) is 31.2 Å². The monoisotopic (exact) mass is 538 g/mol. The molecule has 1 aliphatic rings. The Morgan fingerprint density at radius 1 is 0.949 bits per heavy atom. The highest BCUT2D eigenvalue weighted by Crippen LogP contribution is 2.11. The van der Waals surface area contributed by atoms with E-state index in [4.69, 9.17) is 4.74 Å². The maximum Gasteiger partial charge on any atom is 0.408 e. The number of benzene rings is 1. The molecular formula is C27H34N6O6. The van der Waals surface area contributed by atoms with Crippen molar-refractivity contribution in [3.8, 4) is 0 Å². The molecule has 39 heavy (non-hydrogen) atoms. The Morgan fingerprint density at radius 3 is 2.26 bits per heavy atom. The molecule has 3 rings (SSSR count). The number of nitrogens with one attached hydrogen (secondary N) is 4. The molecule has 0 radical (unpaired) electrons. The Balaban J connectivity index is 1.67. The van der Waals surface area contributed by atoms with Gasteiger partial charge in [-0.05, 0) is 23.5 Å². The minimum atomic E-state index is -1.19. The SMILES string of the molecule is CC(C)C(NC(=O)OCc1ccccc1)C(=O)NC(C(=O)NC1Cc2cc(ncn2)CNC(=O)C1=O)C(C)C. The zero-order valence-corrected chi connectivity index (χ0v) is 22.4. The van der Waals surface area contributed by atoms with Crippen LogP contribution in [0.3, 0.4) is 0 Å². The van der Waals surface area contributed by atoms with Crippen LogP contribution in [-0.4, -0.2) is 57.7 Å². The van der Waals surface area contributed by atoms with Gasteiger partial charge in [-0.25, -0.2) is 14.8 Å². The Morgan fingerprint density at radius 2 is 1.59 bits per heavy atom. The van der Waals surface area contributed by atoms with E-state index >= 15 is 0 Å². The fourth-order valence-electron chi connectivity index (χ4n) is 3.95. The fourth-order valence-corrected chi connectivity index (χ4v) is 3.95. The van der Waals surface area contributed by atoms with Gasteiger partial charge in [0.1, 0.15) is 31.1 Å². The standard InChI is InChI=1S/C27H34N6O6/c1-15(2)21(24(35)31-20-11-18-10-19(30-14-29-18)12-28-26(37)23(20)34)32-25(36)22(16(3)4)33-27(38)39-13-17-8-6-5-7-9-17/h5-10,14-16,20-22H,11-13H2,1-4H3,(H,28,37)(H,31,35)(H,32,36)(H,33,38). The van der Waals surface area contributed by atoms with Crippen LogP contribution in [-0.2, 0) is 43.5 Å². The van der Waals surface area contributed by atoms with Crippen LogP contribution in [0.25, 0.3) is 0 Å². The van der Waals surface area contributed by atoms with Crippen molar-refractivity contribution in [1.29, 1.82) is 0 Å². The van der Waals surface area contributed by atoms with Gasteiger partial charge in [-0.15, -0.1) is 0 Å². The summed E-state index contributed by atoms with van der Waals surface area (Å²) in [5.74, 6) is -3.62. The molecule has 12 nitrogen and oxygen atoms in total. The first-order valence-corrected chi connectivity index (χ1v) is 12.7. The van der Waals surface area contributed by atoms with Gasteiger partial charge in [-0.2, -0.15) is 0 Å². The zero-order valence-electron chi connectivity index (χ0n) is 22.4. The van der Waals surface area contributed by atoms with Crippen LogP contribution in [0, 0.1) is 11.8 Å². The van der Waals surface area contributed by atoms with Crippen molar-refractivity contribution >= 4 is 29.6 Å². The first kappa shape index (κ1) is 29.2. The molecule has 3 unspecified atom stereocenters. The molecule has 2 aromatic rings. The van der Waals surface area contributed by atoms with Gasteiger partial charge in [0.05, 0.1) is 12.2 Å². The summed E-state index contributed by atoms with van der Waals surface area (Å²) in [6.45, 7) is 7.04. The molecule has 0 saturated carbocycles. The number of aromatic nitrogens is 2. The van der Waals surface area contributed by atoms with E-state index in [1.165, 1.54) is 6.33 Å². The van der Waals surface area contributed by atoms with Gasteiger partial charge in [-0.1, -0.05) is 58.0 Å². The second-order valence-corrected chi connectivity index (χ2v) is 9.97. The number of nitrogens with zero attached hydrogens (tertiary/aromatic N) is 2. The van der Waals surface area contributed by atoms with E-state index in [1.807, 2.05) is 30.3 Å². The molecule has 1 aromatic carbocycles. The molecule has 2 heterocycles. The third kappa shape index (κ3) is 8.32. The summed E-state index contributed by atoms with van der Waals surface area (Å²) in [6, 6.07) is 7.52. The summed E-state index contributed by atoms with van der Waals surface area (Å²) in [7, 11) is 0. The molecule has 1 aliphatic heterocycles. The van der Waals surface area contributed by atoms with Gasteiger partial charge in [0.15, 0.2) is 0 Å². The topological polar surface area (TPSA) is 168 Å². The van der Waals surface area contributed by atoms with Gasteiger partial charge < -0.3 is 26.0 Å². The maximum atomic E-state index is 13.3. The number of rotatable bonds is 9. The molecular weight excluding hydrogens is 504 g/mol. The summed E-state index contributed by atoms with van der Waals surface area (Å²) < 4.78 is 5.24. The minimum absolute atomic E-state index is 0.0182. The van der Waals surface area contributed by atoms with Gasteiger partial charge in [-0.3, -0.25) is 19.2 Å². The van der Waals surface area contributed by atoms with Crippen LogP contribution in [0.2, 0.25) is 0 Å². The fraction of sp³-hybridized carbons (Fsp3) is 0.444. The highest BCUT2D eigenvalue weighted by Gasteiger charge is 2.34. The van der Waals surface area contributed by atoms with Crippen molar-refractivity contribution < 1.29 is 28.7 Å². The lowest BCUT2D eigenvalue weighted by molar-refractivity contribution is -0.140. The Bertz CT molecular complexity index is 1200. The van der Waals surface area contributed by atoms with Crippen molar-refractivity contribution in [1.82, 2.24) is 31.2 Å². The molecule has 0 fully saturated rings. The summed E-state index contributed by atoms with van der Waals surface area (Å²) in [6.07, 6.45) is 0.534. The predicted molar refractivity (Wildman–Crippen MR) is 140 cm³/mol. The van der Waals surface area contributed by atoms with E-state index in [0.29, 0.717) is 11.4 Å². The van der Waals surface area contributed by atoms with Crippen LogP contribution in [0.4, 0.5) is 4.79 Å². The van der Waals surface area contributed by atoms with E-state index in [-0.39, 0.29) is 31.4 Å². The van der Waals surface area contributed by atoms with Gasteiger partial charge >= 0.3 is 6.09 Å². The lowest BCUT2D eigenvalue weighted by atomic mass is 9.98. The molecule has 0 spiro atoms. The van der Waals surface area contributed by atoms with Gasteiger partial charge in [0.25, 0.3) is 5.91 Å². The van der Waals surface area contributed by atoms with Crippen molar-refractivity contribution in [2.24, 2.45) is 11.8 Å². The van der Waals surface area contributed by atoms with Gasteiger partial charge in [0.2, 0.25) is 17.6 Å². The second-order valence-electron chi connectivity index (χ2n) is 9.97. The highest BCUT2D eigenvalue weighted by molar-refractivity contribution is 6.38. The molecule has 208 valence electrons. The third-order valence-electron chi connectivity index (χ3n) is 6.16. The summed E-state index contributed by atoms with van der Waals surface area (Å²) in [5, 5.41) is 10.3. The molecule has 3 atom stereocenters. The number of Topliss-reactive ketones (excluding diaryl/α,β-unsaturated/α-hetero) is 1. The maximum absolute atomic E-state index is 13.3. The van der Waals surface area contributed by atoms with Crippen LogP contribution in [0.15, 0.2) is 42.7 Å². The molecule has 0 saturated heterocycles. The molecule has 2 bridgehead atoms. The minimum Gasteiger partial charge on any atom is -0.445 e. The first-order valence-electron chi connectivity index (χ1n) is 12.7. The number of hydrogen-bond donors (Lipinski definition) is 4. The Hall–Kier alpha value is -4.35. The van der Waals surface area contributed by atoms with Crippen molar-refractivity contribution in [2.45, 2.75) is 65.4 Å². The predicted octanol–water partition coefficient (Wildman–Crippen LogP) is 0.795. The van der Waals surface area contributed by atoms with Crippen LogP contribution >= 0.6 is 0 Å². The number of fused-ring (bicyclic) bond motifs is 2. The number of carbonyl (C=O) groups excluding carboxylic acids is 5. The summed E-state index contributed by atoms with van der Waals surface area (Å²) in [5.41, 5.74) is 1.81. The van der Waals surface area contributed by atoms with E-state index in [1.54, 1.807) is 33.8 Å². The van der Waals surface area contributed by atoms with E-state index < -0.39 is 47.7 Å². The summed E-state index contributed by atoms with van der Waals surface area (Å²) >= 11 is 0. The number of ether oxygens (including phenoxy) is 1. The Labute approximate surface area is 226 Å². The number of carbonyl (C=O) groups is 5. The molecule has 12 heteroatoms. The molecule has 0 aliphatic carbocycles. The number of alkyl carbamates (subject to hydrolysis) is 1. The van der Waals surface area contributed by atoms with Crippen molar-refractivity contribution in [2.75, 3.05) is 0 Å². The third-order valence-corrected chi connectivity index (χ3v) is 6.16. The zero-order chi connectivity index (χ0) is 28.5. The van der Waals surface area contributed by atoms with E-state index in [0.717, 1.165) is 5.56 Å². The number of amides is 4.